The molecule has 3 aromatic carbocycles. The third-order valence-corrected chi connectivity index (χ3v) is 6.81. The zero-order chi connectivity index (χ0) is 21.8. The summed E-state index contributed by atoms with van der Waals surface area (Å²) in [5.41, 5.74) is 2.60. The number of Topliss-reactive ketones (excluding diaryl/α,β-unsaturated/α-hetero) is 2. The van der Waals surface area contributed by atoms with E-state index in [-0.39, 0.29) is 11.6 Å². The Bertz CT molecular complexity index is 1160. The molecule has 154 valence electrons. The van der Waals surface area contributed by atoms with Gasteiger partial charge in [0.05, 0.1) is 0 Å². The van der Waals surface area contributed by atoms with Gasteiger partial charge in [-0.15, -0.1) is 0 Å². The first-order chi connectivity index (χ1) is 15.0. The van der Waals surface area contributed by atoms with E-state index in [9.17, 15) is 9.59 Å². The quantitative estimate of drug-likeness (QED) is 0.318. The van der Waals surface area contributed by atoms with Crippen LogP contribution in [0.3, 0.4) is 0 Å². The number of aryl methyl sites for hydroxylation is 1. The molecule has 0 aromatic heterocycles. The summed E-state index contributed by atoms with van der Waals surface area (Å²) in [6.45, 7) is 3.51. The molecule has 2 nitrogen and oxygen atoms in total. The number of thioether (sulfide) groups is 1. The first kappa shape index (κ1) is 21.1. The van der Waals surface area contributed by atoms with Gasteiger partial charge in [0, 0.05) is 16.9 Å². The van der Waals surface area contributed by atoms with E-state index in [2.05, 4.69) is 24.3 Å². The van der Waals surface area contributed by atoms with Crippen molar-refractivity contribution in [2.75, 3.05) is 0 Å². The first-order valence-corrected chi connectivity index (χ1v) is 11.1. The summed E-state index contributed by atoms with van der Waals surface area (Å²) in [5.74, 6) is -0.276. The first-order valence-electron chi connectivity index (χ1n) is 10.3. The summed E-state index contributed by atoms with van der Waals surface area (Å²) in [5, 5.41) is 0. The summed E-state index contributed by atoms with van der Waals surface area (Å²) in [6, 6.07) is 27.7. The molecule has 0 heterocycles. The van der Waals surface area contributed by atoms with E-state index in [1.165, 1.54) is 6.92 Å². The Morgan fingerprint density at radius 3 is 2.06 bits per heavy atom. The number of hydrogen-bond acceptors (Lipinski definition) is 3. The number of hydrogen-bond donors (Lipinski definition) is 0. The number of rotatable bonds is 6. The van der Waals surface area contributed by atoms with Gasteiger partial charge < -0.3 is 0 Å². The van der Waals surface area contributed by atoms with Gasteiger partial charge in [0.1, 0.15) is 11.2 Å². The van der Waals surface area contributed by atoms with E-state index in [0.29, 0.717) is 12.0 Å². The Kier molecular flexibility index (Phi) is 6.06. The Labute approximate surface area is 187 Å². The molecule has 31 heavy (non-hydrogen) atoms. The molecule has 0 amide bonds. The minimum absolute atomic E-state index is 0.132. The van der Waals surface area contributed by atoms with E-state index in [1.54, 1.807) is 11.8 Å². The molecule has 4 rings (SSSR count). The van der Waals surface area contributed by atoms with Crippen LogP contribution in [0.25, 0.3) is 5.57 Å². The number of carbonyl (C=O) groups is 2. The second-order valence-corrected chi connectivity index (χ2v) is 9.02. The van der Waals surface area contributed by atoms with Crippen LogP contribution in [0, 0.1) is 12.3 Å². The van der Waals surface area contributed by atoms with Crippen LogP contribution in [0.15, 0.2) is 107 Å². The van der Waals surface area contributed by atoms with Crippen LogP contribution in [-0.4, -0.2) is 11.6 Å². The lowest BCUT2D eigenvalue weighted by atomic mass is 9.71. The Morgan fingerprint density at radius 1 is 0.839 bits per heavy atom. The number of carbonyl (C=O) groups excluding carboxylic acids is 2. The van der Waals surface area contributed by atoms with Crippen molar-refractivity contribution in [3.05, 3.63) is 119 Å². The normalized spacial score (nSPS) is 18.1. The van der Waals surface area contributed by atoms with Crippen LogP contribution in [0.5, 0.6) is 0 Å². The van der Waals surface area contributed by atoms with Crippen LogP contribution in [0.2, 0.25) is 0 Å². The second-order valence-electron chi connectivity index (χ2n) is 7.85. The SMILES string of the molecule is CC(=O)C1(C(=O)c2ccc(C)cc2)C=CC(c2ccccc2)=C(Sc2ccccc2)C1. The average Bonchev–Trinajstić information content (AvgIpc) is 2.80. The fourth-order valence-electron chi connectivity index (χ4n) is 3.84. The van der Waals surface area contributed by atoms with Crippen LogP contribution in [-0.2, 0) is 4.79 Å². The molecule has 1 aliphatic carbocycles. The van der Waals surface area contributed by atoms with Gasteiger partial charge in [-0.2, -0.15) is 0 Å². The summed E-state index contributed by atoms with van der Waals surface area (Å²) in [7, 11) is 0. The van der Waals surface area contributed by atoms with Crippen LogP contribution in [0.1, 0.15) is 34.8 Å². The maximum absolute atomic E-state index is 13.6. The predicted octanol–water partition coefficient (Wildman–Crippen LogP) is 6.92. The maximum Gasteiger partial charge on any atom is 0.180 e. The summed E-state index contributed by atoms with van der Waals surface area (Å²) in [6.07, 6.45) is 4.13. The van der Waals surface area contributed by atoms with Crippen molar-refractivity contribution in [3.8, 4) is 0 Å². The lowest BCUT2D eigenvalue weighted by Gasteiger charge is -2.32. The maximum atomic E-state index is 13.6. The van der Waals surface area contributed by atoms with E-state index in [4.69, 9.17) is 0 Å². The molecule has 1 unspecified atom stereocenters. The fraction of sp³-hybridized carbons (Fsp3) is 0.143. The second kappa shape index (κ2) is 8.91. The van der Waals surface area contributed by atoms with Crippen molar-refractivity contribution in [3.63, 3.8) is 0 Å². The summed E-state index contributed by atoms with van der Waals surface area (Å²) < 4.78 is 0. The number of allylic oxidation sites excluding steroid dienone is 4. The molecule has 0 N–H and O–H groups in total. The van der Waals surface area contributed by atoms with Gasteiger partial charge in [0.15, 0.2) is 5.78 Å². The minimum atomic E-state index is -1.19. The smallest absolute Gasteiger partial charge is 0.180 e. The highest BCUT2D eigenvalue weighted by Gasteiger charge is 2.44. The molecule has 0 saturated carbocycles. The predicted molar refractivity (Wildman–Crippen MR) is 128 cm³/mol. The van der Waals surface area contributed by atoms with Gasteiger partial charge in [-0.05, 0) is 42.0 Å². The van der Waals surface area contributed by atoms with Gasteiger partial charge in [-0.25, -0.2) is 0 Å². The monoisotopic (exact) mass is 424 g/mol. The third kappa shape index (κ3) is 4.33. The van der Waals surface area contributed by atoms with E-state index >= 15 is 0 Å². The molecule has 1 atom stereocenters. The highest BCUT2D eigenvalue weighted by molar-refractivity contribution is 8.03. The zero-order valence-electron chi connectivity index (χ0n) is 17.7. The van der Waals surface area contributed by atoms with Crippen molar-refractivity contribution in [1.82, 2.24) is 0 Å². The van der Waals surface area contributed by atoms with Gasteiger partial charge in [0.2, 0.25) is 0 Å². The fourth-order valence-corrected chi connectivity index (χ4v) is 5.02. The molecule has 0 bridgehead atoms. The molecule has 1 aliphatic rings. The highest BCUT2D eigenvalue weighted by Crippen LogP contribution is 2.47. The topological polar surface area (TPSA) is 34.1 Å². The van der Waals surface area contributed by atoms with E-state index < -0.39 is 5.41 Å². The van der Waals surface area contributed by atoms with Gasteiger partial charge in [-0.3, -0.25) is 9.59 Å². The molecule has 0 aliphatic heterocycles. The van der Waals surface area contributed by atoms with Crippen LogP contribution < -0.4 is 0 Å². The third-order valence-electron chi connectivity index (χ3n) is 5.69. The van der Waals surface area contributed by atoms with Crippen molar-refractivity contribution in [2.24, 2.45) is 5.41 Å². The highest BCUT2D eigenvalue weighted by atomic mass is 32.2. The van der Waals surface area contributed by atoms with E-state index in [1.807, 2.05) is 79.7 Å². The molecule has 0 spiro atoms. The molecular weight excluding hydrogens is 400 g/mol. The van der Waals surface area contributed by atoms with Crippen LogP contribution in [0.4, 0.5) is 0 Å². The molecule has 3 heteroatoms. The van der Waals surface area contributed by atoms with Crippen molar-refractivity contribution >= 4 is 28.9 Å². The molecule has 0 fully saturated rings. The van der Waals surface area contributed by atoms with Gasteiger partial charge in [-0.1, -0.05) is 102 Å². The molecule has 0 saturated heterocycles. The molecular formula is C28H24O2S. The largest absolute Gasteiger partial charge is 0.299 e. The van der Waals surface area contributed by atoms with E-state index in [0.717, 1.165) is 26.5 Å². The van der Waals surface area contributed by atoms with Crippen molar-refractivity contribution in [1.29, 1.82) is 0 Å². The van der Waals surface area contributed by atoms with Gasteiger partial charge >= 0.3 is 0 Å². The average molecular weight is 425 g/mol. The van der Waals surface area contributed by atoms with Crippen molar-refractivity contribution in [2.45, 2.75) is 25.2 Å². The van der Waals surface area contributed by atoms with Gasteiger partial charge in [0.25, 0.3) is 0 Å². The Morgan fingerprint density at radius 2 is 1.45 bits per heavy atom. The summed E-state index contributed by atoms with van der Waals surface area (Å²) in [4.78, 5) is 28.7. The number of benzene rings is 3. The van der Waals surface area contributed by atoms with Crippen molar-refractivity contribution < 1.29 is 9.59 Å². The Hall–Kier alpha value is -3.17. The molecule has 3 aromatic rings. The molecule has 0 radical (unpaired) electrons. The lowest BCUT2D eigenvalue weighted by Crippen LogP contribution is -2.38. The standard InChI is InChI=1S/C28H24O2S/c1-20-13-15-23(16-14-20)27(30)28(21(2)29)18-17-25(22-9-5-3-6-10-22)26(19-28)31-24-11-7-4-8-12-24/h3-18H,19H2,1-2H3. The summed E-state index contributed by atoms with van der Waals surface area (Å²) >= 11 is 1.63. The lowest BCUT2D eigenvalue weighted by molar-refractivity contribution is -0.122. The van der Waals surface area contributed by atoms with Crippen LogP contribution >= 0.6 is 11.8 Å². The number of ketones is 2. The minimum Gasteiger partial charge on any atom is -0.299 e. The Balaban J connectivity index is 1.79. The zero-order valence-corrected chi connectivity index (χ0v) is 18.5.